The molecule has 8 rings (SSSR count). The minimum atomic E-state index is -3.33. The molecule has 2 bridgehead atoms. The van der Waals surface area contributed by atoms with Crippen LogP contribution >= 0.6 is 0 Å². The summed E-state index contributed by atoms with van der Waals surface area (Å²) in [5.41, 5.74) is 3.93. The van der Waals surface area contributed by atoms with Crippen LogP contribution in [0.2, 0.25) is 0 Å². The summed E-state index contributed by atoms with van der Waals surface area (Å²) < 4.78 is 54.9. The van der Waals surface area contributed by atoms with Crippen molar-refractivity contribution in [2.24, 2.45) is 28.6 Å². The van der Waals surface area contributed by atoms with Crippen LogP contribution in [0, 0.1) is 28.6 Å². The Hall–Kier alpha value is -2.68. The van der Waals surface area contributed by atoms with Gasteiger partial charge in [-0.25, -0.2) is 4.72 Å². The maximum atomic E-state index is 13.2. The van der Waals surface area contributed by atoms with Gasteiger partial charge in [0.15, 0.2) is 5.78 Å². The summed E-state index contributed by atoms with van der Waals surface area (Å²) in [6, 6.07) is 15.5. The number of piperidine rings is 1. The highest BCUT2D eigenvalue weighted by Gasteiger charge is 2.52. The molecule has 6 fully saturated rings. The average Bonchev–Trinajstić information content (AvgIpc) is 3.70. The fourth-order valence-electron chi connectivity index (χ4n) is 10.9. The predicted octanol–water partition coefficient (Wildman–Crippen LogP) is 5.85. The first kappa shape index (κ1) is 39.6. The molecule has 0 aromatic heterocycles. The van der Waals surface area contributed by atoms with Crippen molar-refractivity contribution in [1.29, 1.82) is 0 Å². The Labute approximate surface area is 323 Å². The van der Waals surface area contributed by atoms with Gasteiger partial charge in [0.25, 0.3) is 26.3 Å². The molecule has 0 radical (unpaired) electrons. The Morgan fingerprint density at radius 2 is 1.35 bits per heavy atom. The number of nitrogens with one attached hydrogen (secondary N) is 1. The second-order valence-corrected chi connectivity index (χ2v) is 21.8. The van der Waals surface area contributed by atoms with Crippen molar-refractivity contribution in [3.8, 4) is 0 Å². The first-order valence-corrected chi connectivity index (χ1v) is 22.9. The second kappa shape index (κ2) is 15.3. The van der Waals surface area contributed by atoms with Crippen molar-refractivity contribution in [2.75, 3.05) is 39.8 Å². The number of likely N-dealkylation sites (tertiary alicyclic amines) is 1. The molecule has 54 heavy (non-hydrogen) atoms. The Balaban J connectivity index is 0.000000167. The highest BCUT2D eigenvalue weighted by Crippen LogP contribution is 2.60. The molecule has 2 aromatic rings. The number of hydrogen-bond donors (Lipinski definition) is 1. The summed E-state index contributed by atoms with van der Waals surface area (Å²) in [4.78, 5) is 28.3. The van der Waals surface area contributed by atoms with Crippen molar-refractivity contribution in [3.63, 3.8) is 0 Å². The van der Waals surface area contributed by atoms with E-state index in [1.165, 1.54) is 51.4 Å². The van der Waals surface area contributed by atoms with Gasteiger partial charge in [0, 0.05) is 75.9 Å². The Morgan fingerprint density at radius 3 is 1.98 bits per heavy atom. The Kier molecular flexibility index (Phi) is 11.2. The Morgan fingerprint density at radius 1 is 0.722 bits per heavy atom. The third-order valence-electron chi connectivity index (χ3n) is 13.1. The van der Waals surface area contributed by atoms with Gasteiger partial charge < -0.3 is 4.90 Å². The van der Waals surface area contributed by atoms with Gasteiger partial charge in [0.2, 0.25) is 0 Å². The van der Waals surface area contributed by atoms with Gasteiger partial charge in [-0.1, -0.05) is 70.0 Å². The summed E-state index contributed by atoms with van der Waals surface area (Å²) in [6.45, 7) is 10.6. The standard InChI is InChI=1S/C22H32N2O3S.C19H27N3O3S/c1-21(2)11-18-12-22(3,15-21)13-19(18)20(25)17-7-5-16(6-8-17)14-24-10-9-23(4)28(24,26)27;23-19(22-12-3-5-16-4-1-2-6-18(16)22)17-9-7-15(8-10-17)14-21-13-11-20-26(21,24)25/h5-8,18-19H,9-15H2,1-4H3;7-10,16,18,20H,1-6,11-14H2. The van der Waals surface area contributed by atoms with Crippen LogP contribution < -0.4 is 4.72 Å². The molecule has 0 spiro atoms. The number of nitrogens with zero attached hydrogens (tertiary/aromatic N) is 4. The van der Waals surface area contributed by atoms with Crippen molar-refractivity contribution in [3.05, 3.63) is 70.8 Å². The number of carbonyl (C=O) groups excluding carboxylic acids is 2. The van der Waals surface area contributed by atoms with Crippen LogP contribution in [0.4, 0.5) is 0 Å². The van der Waals surface area contributed by atoms with Crippen molar-refractivity contribution < 1.29 is 26.4 Å². The van der Waals surface area contributed by atoms with Crippen LogP contribution in [0.15, 0.2) is 48.5 Å². The number of likely N-dealkylation sites (N-methyl/N-ethyl adjacent to an activating group) is 1. The SMILES string of the molecule is CN1CCN(Cc2ccc(C(=O)C3CC4(C)CC3CC(C)(C)C4)cc2)S1(=O)=O.O=C(c1ccc(CN2CCNS2(=O)=O)cc1)N1CCCC2CCCCC21. The normalized spacial score (nSPS) is 31.7. The first-order chi connectivity index (χ1) is 25.5. The highest BCUT2D eigenvalue weighted by molar-refractivity contribution is 7.87. The van der Waals surface area contributed by atoms with E-state index in [0.717, 1.165) is 48.9 Å². The smallest absolute Gasteiger partial charge is 0.282 e. The molecular formula is C41H59N5O6S2. The van der Waals surface area contributed by atoms with Crippen LogP contribution in [0.3, 0.4) is 0 Å². The number of hydrogen-bond acceptors (Lipinski definition) is 6. The van der Waals surface area contributed by atoms with Crippen molar-refractivity contribution in [1.82, 2.24) is 22.5 Å². The lowest BCUT2D eigenvalue weighted by atomic mass is 9.65. The van der Waals surface area contributed by atoms with E-state index in [1.807, 2.05) is 48.5 Å². The molecule has 3 aliphatic heterocycles. The average molecular weight is 782 g/mol. The van der Waals surface area contributed by atoms with Gasteiger partial charge in [0.05, 0.1) is 0 Å². The number of Topliss-reactive ketones (excluding diaryl/α,β-unsaturated/α-hetero) is 1. The molecule has 13 heteroatoms. The topological polar surface area (TPSA) is 127 Å². The molecule has 296 valence electrons. The van der Waals surface area contributed by atoms with Gasteiger partial charge in [0.1, 0.15) is 0 Å². The van der Waals surface area contributed by atoms with E-state index in [9.17, 15) is 26.4 Å². The van der Waals surface area contributed by atoms with E-state index < -0.39 is 20.4 Å². The molecule has 3 saturated heterocycles. The third kappa shape index (κ3) is 8.37. The van der Waals surface area contributed by atoms with Crippen LogP contribution in [0.25, 0.3) is 0 Å². The lowest BCUT2D eigenvalue weighted by molar-refractivity contribution is 0.0390. The zero-order valence-electron chi connectivity index (χ0n) is 32.5. The van der Waals surface area contributed by atoms with Gasteiger partial charge in [-0.15, -0.1) is 0 Å². The summed E-state index contributed by atoms with van der Waals surface area (Å²) in [6.07, 6.45) is 11.8. The fourth-order valence-corrected chi connectivity index (χ4v) is 13.4. The van der Waals surface area contributed by atoms with Crippen molar-refractivity contribution in [2.45, 2.75) is 104 Å². The lowest BCUT2D eigenvalue weighted by Crippen LogP contribution is -2.49. The minimum Gasteiger partial charge on any atom is -0.335 e. The molecule has 11 nitrogen and oxygen atoms in total. The zero-order chi connectivity index (χ0) is 38.5. The minimum absolute atomic E-state index is 0.128. The quantitative estimate of drug-likeness (QED) is 0.352. The number of benzene rings is 2. The summed E-state index contributed by atoms with van der Waals surface area (Å²) >= 11 is 0. The zero-order valence-corrected chi connectivity index (χ0v) is 34.1. The highest BCUT2D eigenvalue weighted by atomic mass is 32.2. The van der Waals surface area contributed by atoms with Gasteiger partial charge in [-0.2, -0.15) is 29.8 Å². The van der Waals surface area contributed by atoms with E-state index in [2.05, 4.69) is 30.4 Å². The van der Waals surface area contributed by atoms with Gasteiger partial charge in [-0.3, -0.25) is 9.59 Å². The van der Waals surface area contributed by atoms with Crippen LogP contribution in [-0.2, 0) is 33.5 Å². The molecule has 5 atom stereocenters. The molecule has 3 saturated carbocycles. The van der Waals surface area contributed by atoms with Crippen LogP contribution in [0.5, 0.6) is 0 Å². The van der Waals surface area contributed by atoms with E-state index >= 15 is 0 Å². The largest absolute Gasteiger partial charge is 0.335 e. The number of amides is 1. The number of carbonyl (C=O) groups is 2. The van der Waals surface area contributed by atoms with E-state index in [-0.39, 0.29) is 17.6 Å². The Bertz CT molecular complexity index is 1920. The monoisotopic (exact) mass is 781 g/mol. The van der Waals surface area contributed by atoms with Crippen LogP contribution in [0.1, 0.15) is 117 Å². The van der Waals surface area contributed by atoms with Crippen molar-refractivity contribution >= 4 is 32.1 Å². The molecule has 6 aliphatic rings. The number of ketones is 1. The summed E-state index contributed by atoms with van der Waals surface area (Å²) in [7, 11) is -5.06. The molecule has 3 aliphatic carbocycles. The number of fused-ring (bicyclic) bond motifs is 3. The fraction of sp³-hybridized carbons (Fsp3) is 0.659. The molecular weight excluding hydrogens is 723 g/mol. The molecule has 2 aromatic carbocycles. The van der Waals surface area contributed by atoms with Crippen LogP contribution in [-0.4, -0.2) is 92.2 Å². The summed E-state index contributed by atoms with van der Waals surface area (Å²) in [5, 5.41) is 0. The number of rotatable bonds is 7. The molecule has 3 heterocycles. The lowest BCUT2D eigenvalue weighted by Gasteiger charge is -2.44. The maximum Gasteiger partial charge on any atom is 0.282 e. The second-order valence-electron chi connectivity index (χ2n) is 18.0. The van der Waals surface area contributed by atoms with Gasteiger partial charge >= 0.3 is 0 Å². The first-order valence-electron chi connectivity index (χ1n) is 20.0. The maximum absolute atomic E-state index is 13.2. The third-order valence-corrected chi connectivity index (χ3v) is 16.6. The molecule has 1 amide bonds. The predicted molar refractivity (Wildman–Crippen MR) is 210 cm³/mol. The molecule has 5 unspecified atom stereocenters. The van der Waals surface area contributed by atoms with E-state index in [4.69, 9.17) is 0 Å². The van der Waals surface area contributed by atoms with E-state index in [1.54, 1.807) is 7.05 Å². The summed E-state index contributed by atoms with van der Waals surface area (Å²) in [5.74, 6) is 1.69. The van der Waals surface area contributed by atoms with Gasteiger partial charge in [-0.05, 0) is 97.3 Å². The molecule has 1 N–H and O–H groups in total. The van der Waals surface area contributed by atoms with E-state index in [0.29, 0.717) is 73.5 Å².